The number of alkyl halides is 2. The van der Waals surface area contributed by atoms with Gasteiger partial charge in [0.15, 0.2) is 0 Å². The standard InChI is InChI=1S/C12H10ClIN/c13-11-2-1-7-14-12(11)10-5-3-9(8-15)4-6-10/h1,3-7,11-12H,2H2/q-1. The minimum absolute atomic E-state index is 0.0201. The van der Waals surface area contributed by atoms with Crippen LogP contribution in [0.2, 0.25) is 0 Å². The maximum absolute atomic E-state index is 8.71. The van der Waals surface area contributed by atoms with Crippen molar-refractivity contribution in [2.24, 2.45) is 0 Å². The molecule has 0 radical (unpaired) electrons. The zero-order chi connectivity index (χ0) is 10.7. The number of benzene rings is 1. The third-order valence-corrected chi connectivity index (χ3v) is 6.48. The van der Waals surface area contributed by atoms with Crippen molar-refractivity contribution >= 4 is 11.6 Å². The van der Waals surface area contributed by atoms with Crippen molar-refractivity contribution in [3.63, 3.8) is 0 Å². The topological polar surface area (TPSA) is 23.8 Å². The van der Waals surface area contributed by atoms with Gasteiger partial charge in [0.2, 0.25) is 0 Å². The molecule has 0 aliphatic carbocycles. The molecule has 2 rings (SSSR count). The fourth-order valence-corrected chi connectivity index (χ4v) is 4.76. The first-order valence-electron chi connectivity index (χ1n) is 4.72. The summed E-state index contributed by atoms with van der Waals surface area (Å²) in [5.74, 6) is 0. The Morgan fingerprint density at radius 2 is 2.07 bits per heavy atom. The molecule has 78 valence electrons. The Labute approximate surface area is 105 Å². The third-order valence-electron chi connectivity index (χ3n) is 2.33. The SMILES string of the molecule is N#Cc1ccc(C2[I-]C=CCC2Cl)cc1. The molecule has 1 aromatic rings. The summed E-state index contributed by atoms with van der Waals surface area (Å²) in [4.78, 5) is 0. The molecule has 1 aliphatic heterocycles. The second kappa shape index (κ2) is 5.00. The van der Waals surface area contributed by atoms with Crippen LogP contribution in [-0.2, 0) is 0 Å². The second-order valence-corrected chi connectivity index (χ2v) is 6.72. The Morgan fingerprint density at radius 3 is 2.67 bits per heavy atom. The van der Waals surface area contributed by atoms with Crippen molar-refractivity contribution in [2.75, 3.05) is 0 Å². The van der Waals surface area contributed by atoms with Crippen molar-refractivity contribution in [1.29, 1.82) is 5.26 Å². The molecule has 1 aromatic carbocycles. The van der Waals surface area contributed by atoms with Crippen LogP contribution >= 0.6 is 11.6 Å². The van der Waals surface area contributed by atoms with Gasteiger partial charge in [-0.25, -0.2) is 0 Å². The summed E-state index contributed by atoms with van der Waals surface area (Å²) >= 11 is 6.32. The summed E-state index contributed by atoms with van der Waals surface area (Å²) in [5, 5.41) is 8.94. The predicted molar refractivity (Wildman–Crippen MR) is 57.3 cm³/mol. The number of nitriles is 1. The second-order valence-electron chi connectivity index (χ2n) is 3.37. The molecular weight excluding hydrogens is 320 g/mol. The summed E-state index contributed by atoms with van der Waals surface area (Å²) in [6, 6.07) is 9.96. The van der Waals surface area contributed by atoms with E-state index in [0.29, 0.717) is 3.92 Å². The molecule has 3 heteroatoms. The van der Waals surface area contributed by atoms with Crippen molar-refractivity contribution in [1.82, 2.24) is 0 Å². The van der Waals surface area contributed by atoms with Gasteiger partial charge in [-0.1, -0.05) is 0 Å². The fourth-order valence-electron chi connectivity index (χ4n) is 1.53. The van der Waals surface area contributed by atoms with Crippen molar-refractivity contribution in [2.45, 2.75) is 15.7 Å². The molecule has 15 heavy (non-hydrogen) atoms. The van der Waals surface area contributed by atoms with Crippen LogP contribution in [0, 0.1) is 11.3 Å². The third kappa shape index (κ3) is 2.53. The van der Waals surface area contributed by atoms with E-state index in [4.69, 9.17) is 16.9 Å². The number of nitrogens with zero attached hydrogens (tertiary/aromatic N) is 1. The van der Waals surface area contributed by atoms with Crippen LogP contribution in [0.3, 0.4) is 0 Å². The number of hydrogen-bond acceptors (Lipinski definition) is 1. The van der Waals surface area contributed by atoms with E-state index in [1.807, 2.05) is 24.3 Å². The van der Waals surface area contributed by atoms with Crippen molar-refractivity contribution in [3.05, 3.63) is 45.6 Å². The Balaban J connectivity index is 2.22. The normalized spacial score (nSPS) is 25.3. The van der Waals surface area contributed by atoms with Gasteiger partial charge in [0.25, 0.3) is 0 Å². The number of allylic oxidation sites excluding steroid dienone is 1. The molecule has 0 aromatic heterocycles. The Bertz CT molecular complexity index is 405. The molecule has 0 bridgehead atoms. The summed E-state index contributed by atoms with van der Waals surface area (Å²) in [5.41, 5.74) is 2.00. The Hall–Kier alpha value is -0.530. The predicted octanol–water partition coefficient (Wildman–Crippen LogP) is 0.213. The van der Waals surface area contributed by atoms with E-state index >= 15 is 0 Å². The van der Waals surface area contributed by atoms with E-state index in [1.54, 1.807) is 0 Å². The molecule has 1 aliphatic rings. The van der Waals surface area contributed by atoms with Crippen LogP contribution in [0.15, 0.2) is 34.4 Å². The fraction of sp³-hybridized carbons (Fsp3) is 0.250. The van der Waals surface area contributed by atoms with Crippen LogP contribution in [0.5, 0.6) is 0 Å². The van der Waals surface area contributed by atoms with Crippen molar-refractivity contribution < 1.29 is 21.2 Å². The van der Waals surface area contributed by atoms with Crippen LogP contribution < -0.4 is 21.2 Å². The van der Waals surface area contributed by atoms with Crippen LogP contribution in [-0.4, -0.2) is 5.38 Å². The first kappa shape index (κ1) is 11.0. The molecule has 2 atom stereocenters. The van der Waals surface area contributed by atoms with Gasteiger partial charge in [0, 0.05) is 0 Å². The zero-order valence-electron chi connectivity index (χ0n) is 8.03. The van der Waals surface area contributed by atoms with Crippen molar-refractivity contribution in [3.8, 4) is 6.07 Å². The van der Waals surface area contributed by atoms with Crippen LogP contribution in [0.1, 0.15) is 21.5 Å². The quantitative estimate of drug-likeness (QED) is 0.534. The van der Waals surface area contributed by atoms with Gasteiger partial charge in [0.05, 0.1) is 0 Å². The molecule has 0 fully saturated rings. The summed E-state index contributed by atoms with van der Waals surface area (Å²) < 4.78 is 2.80. The minimum atomic E-state index is 0.0201. The van der Waals surface area contributed by atoms with E-state index in [-0.39, 0.29) is 26.6 Å². The summed E-state index contributed by atoms with van der Waals surface area (Å²) in [7, 11) is 0. The van der Waals surface area contributed by atoms with E-state index < -0.39 is 0 Å². The molecule has 0 amide bonds. The molecule has 0 saturated heterocycles. The number of hydrogen-bond donors (Lipinski definition) is 0. The number of halogens is 2. The first-order chi connectivity index (χ1) is 7.31. The molecule has 0 saturated carbocycles. The van der Waals surface area contributed by atoms with Gasteiger partial charge in [0.1, 0.15) is 0 Å². The van der Waals surface area contributed by atoms with Crippen LogP contribution in [0.4, 0.5) is 0 Å². The molecule has 0 spiro atoms. The summed E-state index contributed by atoms with van der Waals surface area (Å²) in [6.45, 7) is 0. The molecule has 1 heterocycles. The maximum atomic E-state index is 8.71. The van der Waals surface area contributed by atoms with Gasteiger partial charge in [-0.3, -0.25) is 0 Å². The molecule has 2 unspecified atom stereocenters. The van der Waals surface area contributed by atoms with Gasteiger partial charge >= 0.3 is 105 Å². The van der Waals surface area contributed by atoms with Gasteiger partial charge in [-0.15, -0.1) is 0 Å². The van der Waals surface area contributed by atoms with E-state index in [9.17, 15) is 0 Å². The summed E-state index contributed by atoms with van der Waals surface area (Å²) in [6.07, 6.45) is 3.15. The van der Waals surface area contributed by atoms with E-state index in [0.717, 1.165) is 12.0 Å². The average molecular weight is 331 g/mol. The first-order valence-corrected chi connectivity index (χ1v) is 7.65. The molecule has 0 N–H and O–H groups in total. The van der Waals surface area contributed by atoms with Gasteiger partial charge < -0.3 is 0 Å². The zero-order valence-corrected chi connectivity index (χ0v) is 10.9. The van der Waals surface area contributed by atoms with E-state index in [1.165, 1.54) is 5.56 Å². The van der Waals surface area contributed by atoms with Gasteiger partial charge in [-0.05, 0) is 0 Å². The Morgan fingerprint density at radius 1 is 1.33 bits per heavy atom. The monoisotopic (exact) mass is 330 g/mol. The Kier molecular flexibility index (Phi) is 3.66. The molecular formula is C12H10ClIN-. The number of rotatable bonds is 1. The molecule has 1 nitrogen and oxygen atoms in total. The van der Waals surface area contributed by atoms with Gasteiger partial charge in [-0.2, -0.15) is 0 Å². The van der Waals surface area contributed by atoms with Crippen LogP contribution in [0.25, 0.3) is 0 Å². The van der Waals surface area contributed by atoms with E-state index in [2.05, 4.69) is 16.2 Å². The average Bonchev–Trinajstić information content (AvgIpc) is 2.30.